The van der Waals surface area contributed by atoms with Crippen LogP contribution in [-0.4, -0.2) is 57.5 Å². The zero-order valence-corrected chi connectivity index (χ0v) is 14.1. The number of aromatic amines is 1. The van der Waals surface area contributed by atoms with Gasteiger partial charge in [-0.15, -0.1) is 0 Å². The lowest BCUT2D eigenvalue weighted by Crippen LogP contribution is -2.70. The number of hydrogen-bond acceptors (Lipinski definition) is 6. The van der Waals surface area contributed by atoms with E-state index in [0.29, 0.717) is 6.61 Å². The molecule has 0 unspecified atom stereocenters. The predicted octanol–water partition coefficient (Wildman–Crippen LogP) is -1.18. The molecular weight excluding hydrogens is 338 g/mol. The lowest BCUT2D eigenvalue weighted by molar-refractivity contribution is -0.0194. The summed E-state index contributed by atoms with van der Waals surface area (Å²) < 4.78 is 35.9. The van der Waals surface area contributed by atoms with Gasteiger partial charge >= 0.3 is 0 Å². The fraction of sp³-hybridized carbons (Fsp3) is 0.571. The van der Waals surface area contributed by atoms with E-state index in [1.54, 1.807) is 0 Å². The number of sulfonamides is 1. The molecule has 0 bridgehead atoms. The van der Waals surface area contributed by atoms with Crippen LogP contribution in [0.1, 0.15) is 16.9 Å². The number of nitrogens with one attached hydrogen (secondary N) is 3. The van der Waals surface area contributed by atoms with Crippen molar-refractivity contribution in [2.75, 3.05) is 20.0 Å². The third-order valence-electron chi connectivity index (χ3n) is 4.38. The Labute approximate surface area is 138 Å². The van der Waals surface area contributed by atoms with Crippen molar-refractivity contribution >= 4 is 15.9 Å². The van der Waals surface area contributed by atoms with E-state index in [0.717, 1.165) is 18.7 Å². The molecule has 2 aliphatic rings. The summed E-state index contributed by atoms with van der Waals surface area (Å²) in [5.74, 6) is -0.320. The summed E-state index contributed by atoms with van der Waals surface area (Å²) in [6.45, 7) is 0.531. The molecule has 0 aromatic carbocycles. The molecule has 1 saturated heterocycles. The van der Waals surface area contributed by atoms with Crippen LogP contribution in [0.15, 0.2) is 17.1 Å². The maximum Gasteiger partial charge on any atom is 0.268 e. The van der Waals surface area contributed by atoms with Gasteiger partial charge in [-0.3, -0.25) is 9.59 Å². The largest absolute Gasteiger partial charge is 0.491 e. The van der Waals surface area contributed by atoms with E-state index in [2.05, 4.69) is 15.0 Å². The second-order valence-corrected chi connectivity index (χ2v) is 7.76. The molecule has 1 aromatic rings. The Morgan fingerprint density at radius 1 is 1.42 bits per heavy atom. The molecule has 0 radical (unpaired) electrons. The van der Waals surface area contributed by atoms with Gasteiger partial charge in [-0.2, -0.15) is 0 Å². The van der Waals surface area contributed by atoms with Crippen molar-refractivity contribution in [3.8, 4) is 5.75 Å². The van der Waals surface area contributed by atoms with Gasteiger partial charge in [-0.25, -0.2) is 13.1 Å². The fourth-order valence-electron chi connectivity index (χ4n) is 3.27. The Morgan fingerprint density at radius 3 is 2.79 bits per heavy atom. The van der Waals surface area contributed by atoms with Crippen LogP contribution in [0, 0.1) is 5.92 Å². The second-order valence-electron chi connectivity index (χ2n) is 5.98. The average Bonchev–Trinajstić information content (AvgIpc) is 2.94. The van der Waals surface area contributed by atoms with Gasteiger partial charge in [-0.05, 0) is 6.42 Å². The Morgan fingerprint density at radius 2 is 2.17 bits per heavy atom. The first-order valence-corrected chi connectivity index (χ1v) is 9.36. The number of H-pyrrole nitrogens is 1. The molecule has 132 valence electrons. The summed E-state index contributed by atoms with van der Waals surface area (Å²) in [5.41, 5.74) is -0.329. The minimum atomic E-state index is -3.43. The van der Waals surface area contributed by atoms with E-state index < -0.39 is 27.4 Å². The van der Waals surface area contributed by atoms with Crippen molar-refractivity contribution in [1.82, 2.24) is 15.0 Å². The molecule has 3 N–H and O–H groups in total. The van der Waals surface area contributed by atoms with Crippen molar-refractivity contribution in [2.45, 2.75) is 24.6 Å². The van der Waals surface area contributed by atoms with E-state index in [1.807, 2.05) is 0 Å². The molecule has 1 saturated carbocycles. The normalized spacial score (nSPS) is 28.8. The molecule has 1 aliphatic heterocycles. The van der Waals surface area contributed by atoms with Crippen LogP contribution in [0.4, 0.5) is 0 Å². The lowest BCUT2D eigenvalue weighted by Gasteiger charge is -2.47. The number of rotatable bonds is 5. The summed E-state index contributed by atoms with van der Waals surface area (Å²) in [7, 11) is -2.07. The third-order valence-corrected chi connectivity index (χ3v) is 5.08. The fourth-order valence-corrected chi connectivity index (χ4v) is 4.04. The molecule has 2 fully saturated rings. The quantitative estimate of drug-likeness (QED) is 0.609. The molecule has 10 heteroatoms. The highest BCUT2D eigenvalue weighted by molar-refractivity contribution is 7.88. The number of amides is 1. The minimum absolute atomic E-state index is 0.0539. The molecule has 24 heavy (non-hydrogen) atoms. The van der Waals surface area contributed by atoms with Crippen LogP contribution in [-0.2, 0) is 14.8 Å². The molecule has 1 amide bonds. The van der Waals surface area contributed by atoms with Crippen LogP contribution in [0.3, 0.4) is 0 Å². The van der Waals surface area contributed by atoms with Crippen molar-refractivity contribution in [2.24, 2.45) is 5.92 Å². The number of pyridine rings is 1. The summed E-state index contributed by atoms with van der Waals surface area (Å²) in [5, 5.41) is 2.78. The molecule has 9 nitrogen and oxygen atoms in total. The molecule has 1 aliphatic carbocycles. The first-order chi connectivity index (χ1) is 11.3. The predicted molar refractivity (Wildman–Crippen MR) is 84.5 cm³/mol. The number of methoxy groups -OCH3 is 1. The van der Waals surface area contributed by atoms with Gasteiger partial charge in [-0.1, -0.05) is 0 Å². The second kappa shape index (κ2) is 6.19. The highest BCUT2D eigenvalue weighted by Gasteiger charge is 2.55. The van der Waals surface area contributed by atoms with Gasteiger partial charge < -0.3 is 19.8 Å². The van der Waals surface area contributed by atoms with E-state index in [4.69, 9.17) is 9.47 Å². The zero-order valence-electron chi connectivity index (χ0n) is 13.2. The highest BCUT2D eigenvalue weighted by Crippen LogP contribution is 2.39. The summed E-state index contributed by atoms with van der Waals surface area (Å²) >= 11 is 0. The molecule has 3 rings (SSSR count). The Bertz CT molecular complexity index is 805. The van der Waals surface area contributed by atoms with Crippen molar-refractivity contribution in [3.05, 3.63) is 28.2 Å². The minimum Gasteiger partial charge on any atom is -0.491 e. The Balaban J connectivity index is 1.75. The van der Waals surface area contributed by atoms with Crippen molar-refractivity contribution in [3.63, 3.8) is 0 Å². The summed E-state index contributed by atoms with van der Waals surface area (Å²) in [6.07, 6.45) is 2.89. The highest BCUT2D eigenvalue weighted by atomic mass is 32.2. The Kier molecular flexibility index (Phi) is 4.37. The number of carbonyl (C=O) groups is 1. The van der Waals surface area contributed by atoms with Crippen molar-refractivity contribution < 1.29 is 22.7 Å². The SMILES string of the molecule is COc1c[nH]c(C(=O)N[C@H]2[C@H]3CCO[C@H]3[C@@H]2NS(C)(=O)=O)cc1=O. The van der Waals surface area contributed by atoms with Gasteiger partial charge in [0.25, 0.3) is 5.91 Å². The zero-order chi connectivity index (χ0) is 17.5. The molecular formula is C14H19N3O6S. The van der Waals surface area contributed by atoms with Crippen LogP contribution in [0.5, 0.6) is 5.75 Å². The van der Waals surface area contributed by atoms with E-state index in [1.165, 1.54) is 13.3 Å². The van der Waals surface area contributed by atoms with Crippen molar-refractivity contribution in [1.29, 1.82) is 0 Å². The van der Waals surface area contributed by atoms with E-state index >= 15 is 0 Å². The number of carbonyl (C=O) groups excluding carboxylic acids is 1. The van der Waals surface area contributed by atoms with Gasteiger partial charge in [0.2, 0.25) is 15.5 Å². The van der Waals surface area contributed by atoms with Gasteiger partial charge in [0.05, 0.1) is 31.6 Å². The van der Waals surface area contributed by atoms with Crippen LogP contribution < -0.4 is 20.2 Å². The first kappa shape index (κ1) is 16.9. The molecule has 0 spiro atoms. The number of fused-ring (bicyclic) bond motifs is 1. The topological polar surface area (TPSA) is 127 Å². The molecule has 1 aromatic heterocycles. The maximum atomic E-state index is 12.4. The Hall–Kier alpha value is -1.91. The average molecular weight is 357 g/mol. The standard InChI is InChI=1S/C14H19N3O6S/c1-22-10-6-15-8(5-9(10)18)14(19)16-11-7-3-4-23-13(7)12(11)17-24(2,20)21/h5-7,11-13,17H,3-4H2,1-2H3,(H,15,18)(H,16,19)/t7-,11+,12-,13-/m1/s1. The van der Waals surface area contributed by atoms with Crippen LogP contribution >= 0.6 is 0 Å². The van der Waals surface area contributed by atoms with Crippen LogP contribution in [0.2, 0.25) is 0 Å². The monoisotopic (exact) mass is 357 g/mol. The first-order valence-electron chi connectivity index (χ1n) is 7.46. The number of aromatic nitrogens is 1. The van der Waals surface area contributed by atoms with Crippen LogP contribution in [0.25, 0.3) is 0 Å². The number of hydrogen-bond donors (Lipinski definition) is 3. The maximum absolute atomic E-state index is 12.4. The van der Waals surface area contributed by atoms with E-state index in [-0.39, 0.29) is 29.5 Å². The third kappa shape index (κ3) is 3.17. The summed E-state index contributed by atoms with van der Waals surface area (Å²) in [4.78, 5) is 26.8. The number of ether oxygens (including phenoxy) is 2. The smallest absolute Gasteiger partial charge is 0.268 e. The lowest BCUT2D eigenvalue weighted by atomic mass is 9.72. The molecule has 4 atom stereocenters. The molecule has 2 heterocycles. The summed E-state index contributed by atoms with van der Waals surface area (Å²) in [6, 6.07) is 0.251. The van der Waals surface area contributed by atoms with Gasteiger partial charge in [0, 0.05) is 24.8 Å². The van der Waals surface area contributed by atoms with Gasteiger partial charge in [0.1, 0.15) is 5.69 Å². The van der Waals surface area contributed by atoms with E-state index in [9.17, 15) is 18.0 Å². The van der Waals surface area contributed by atoms with Gasteiger partial charge in [0.15, 0.2) is 5.75 Å².